The van der Waals surface area contributed by atoms with E-state index in [1.807, 2.05) is 0 Å². The predicted octanol–water partition coefficient (Wildman–Crippen LogP) is 3.11. The number of furan rings is 1. The molecule has 2 aromatic rings. The highest BCUT2D eigenvalue weighted by Crippen LogP contribution is 2.40. The molecule has 2 aromatic heterocycles. The van der Waals surface area contributed by atoms with Gasteiger partial charge in [0, 0.05) is 5.41 Å². The number of nitrogens with one attached hydrogen (secondary N) is 2. The van der Waals surface area contributed by atoms with Crippen molar-refractivity contribution in [2.24, 2.45) is 5.41 Å². The highest BCUT2D eigenvalue weighted by atomic mass is 32.1. The Labute approximate surface area is 208 Å². The predicted molar refractivity (Wildman–Crippen MR) is 134 cm³/mol. The number of anilines is 1. The number of nitrogen functional groups attached to an aromatic ring is 1. The van der Waals surface area contributed by atoms with Gasteiger partial charge in [-0.3, -0.25) is 18.9 Å². The summed E-state index contributed by atoms with van der Waals surface area (Å²) >= 11 is 1.04. The van der Waals surface area contributed by atoms with Gasteiger partial charge >= 0.3 is 11.9 Å². The van der Waals surface area contributed by atoms with Crippen LogP contribution in [0.2, 0.25) is 0 Å². The summed E-state index contributed by atoms with van der Waals surface area (Å²) in [5.41, 5.74) is 5.33. The Kier molecular flexibility index (Phi) is 9.41. The molecule has 0 saturated carbocycles. The maximum atomic E-state index is 14.0. The number of nitrogens with zero attached hydrogens (tertiary/aromatic N) is 1. The molecule has 11 nitrogen and oxygen atoms in total. The lowest BCUT2D eigenvalue weighted by atomic mass is 9.89. The maximum Gasteiger partial charge on any atom is 0.323 e. The van der Waals surface area contributed by atoms with Gasteiger partial charge in [0.25, 0.3) is 7.44 Å². The summed E-state index contributed by atoms with van der Waals surface area (Å²) in [4.78, 5) is 41.9. The number of nitrogens with two attached hydrogens (primary N) is 1. The molecule has 2 heterocycles. The van der Waals surface area contributed by atoms with Gasteiger partial charge in [-0.15, -0.1) is 0 Å². The first-order valence-electron chi connectivity index (χ1n) is 11.1. The number of hydrogen-bond acceptors (Lipinski definition) is 10. The van der Waals surface area contributed by atoms with Crippen molar-refractivity contribution in [3.63, 3.8) is 0 Å². The van der Waals surface area contributed by atoms with Crippen LogP contribution in [0.1, 0.15) is 58.1 Å². The highest BCUT2D eigenvalue weighted by molar-refractivity contribution is 7.67. The molecule has 194 valence electrons. The van der Waals surface area contributed by atoms with E-state index >= 15 is 0 Å². The lowest BCUT2D eigenvalue weighted by molar-refractivity contribution is -0.145. The fourth-order valence-electron chi connectivity index (χ4n) is 2.97. The number of thiazole rings is 1. The normalized spacial score (nSPS) is 13.8. The van der Waals surface area contributed by atoms with Crippen LogP contribution in [0.4, 0.5) is 5.13 Å². The summed E-state index contributed by atoms with van der Waals surface area (Å²) < 4.78 is 29.9. The molecule has 2 atom stereocenters. The van der Waals surface area contributed by atoms with Gasteiger partial charge in [-0.1, -0.05) is 32.1 Å². The first-order valence-corrected chi connectivity index (χ1v) is 13.7. The molecule has 13 heteroatoms. The third-order valence-corrected chi connectivity index (χ3v) is 7.94. The molecular formula is C22H33N4O7PS. The number of hydrogen-bond donors (Lipinski definition) is 3. The number of carbonyl (C=O) groups excluding carboxylic acids is 3. The highest BCUT2D eigenvalue weighted by Gasteiger charge is 2.37. The van der Waals surface area contributed by atoms with Crippen LogP contribution in [0.3, 0.4) is 0 Å². The Morgan fingerprint density at radius 1 is 1.09 bits per heavy atom. The van der Waals surface area contributed by atoms with Crippen molar-refractivity contribution in [1.29, 1.82) is 0 Å². The van der Waals surface area contributed by atoms with Gasteiger partial charge in [0.05, 0.1) is 13.2 Å². The Morgan fingerprint density at radius 3 is 2.06 bits per heavy atom. The van der Waals surface area contributed by atoms with E-state index in [2.05, 4.69) is 15.2 Å². The number of ether oxygens (including phenoxy) is 2. The zero-order valence-electron chi connectivity index (χ0n) is 21.0. The fourth-order valence-corrected chi connectivity index (χ4v) is 6.10. The van der Waals surface area contributed by atoms with Gasteiger partial charge in [0.2, 0.25) is 0 Å². The average molecular weight is 529 g/mol. The smallest absolute Gasteiger partial charge is 0.323 e. The summed E-state index contributed by atoms with van der Waals surface area (Å²) in [6.07, 6.45) is 0. The van der Waals surface area contributed by atoms with Gasteiger partial charge < -0.3 is 19.6 Å². The molecule has 0 aliphatic heterocycles. The largest absolute Gasteiger partial charge is 0.465 e. The third kappa shape index (κ3) is 7.00. The summed E-state index contributed by atoms with van der Waals surface area (Å²) in [5.74, 6) is -1.27. The van der Waals surface area contributed by atoms with Crippen molar-refractivity contribution in [3.8, 4) is 11.5 Å². The standard InChI is InChI=1S/C22H33N4O7PS/c1-8-31-19(28)12(3)25-34(30,26-13(4)20(29)32-9-2)15-11-10-14(33-15)16-17(35-21(23)24-16)18(27)22(5,6)7/h10-13H,8-9H2,1-7H3,(H2,23,24)(H2,25,26,30)/t12-,13-/m0/s1. The minimum atomic E-state index is -3.91. The summed E-state index contributed by atoms with van der Waals surface area (Å²) in [7, 11) is -3.91. The molecule has 0 unspecified atom stereocenters. The Balaban J connectivity index is 2.49. The Hall–Kier alpha value is -2.53. The second-order valence-electron chi connectivity index (χ2n) is 8.76. The van der Waals surface area contributed by atoms with E-state index in [-0.39, 0.29) is 41.1 Å². The van der Waals surface area contributed by atoms with Gasteiger partial charge in [0.15, 0.2) is 22.2 Å². The Morgan fingerprint density at radius 2 is 1.60 bits per heavy atom. The second-order valence-corrected chi connectivity index (χ2v) is 12.0. The fraction of sp³-hybridized carbons (Fsp3) is 0.545. The summed E-state index contributed by atoms with van der Waals surface area (Å²) in [6.45, 7) is 11.9. The van der Waals surface area contributed by atoms with E-state index < -0.39 is 36.9 Å². The number of rotatable bonds is 11. The molecule has 2 rings (SSSR count). The maximum absolute atomic E-state index is 14.0. The van der Waals surface area contributed by atoms with Crippen LogP contribution < -0.4 is 21.4 Å². The van der Waals surface area contributed by atoms with Gasteiger partial charge in [0.1, 0.15) is 22.7 Å². The number of esters is 2. The zero-order chi connectivity index (χ0) is 26.6. The van der Waals surface area contributed by atoms with E-state index in [1.165, 1.54) is 26.0 Å². The number of aromatic nitrogens is 1. The van der Waals surface area contributed by atoms with Crippen molar-refractivity contribution in [2.75, 3.05) is 18.9 Å². The second kappa shape index (κ2) is 11.5. The van der Waals surface area contributed by atoms with Crippen LogP contribution in [0, 0.1) is 5.41 Å². The molecule has 0 amide bonds. The van der Waals surface area contributed by atoms with E-state index in [1.54, 1.807) is 34.6 Å². The van der Waals surface area contributed by atoms with Gasteiger partial charge in [-0.25, -0.2) is 15.2 Å². The summed E-state index contributed by atoms with van der Waals surface area (Å²) in [6, 6.07) is 0.934. The van der Waals surface area contributed by atoms with Crippen LogP contribution in [0.15, 0.2) is 16.5 Å². The van der Waals surface area contributed by atoms with Crippen LogP contribution in [0.5, 0.6) is 0 Å². The topological polar surface area (TPSA) is 163 Å². The van der Waals surface area contributed by atoms with Crippen LogP contribution in [-0.2, 0) is 23.6 Å². The van der Waals surface area contributed by atoms with Gasteiger partial charge in [-0.2, -0.15) is 0 Å². The van der Waals surface area contributed by atoms with E-state index in [0.29, 0.717) is 4.88 Å². The lowest BCUT2D eigenvalue weighted by Gasteiger charge is -2.24. The molecule has 0 aromatic carbocycles. The van der Waals surface area contributed by atoms with Crippen LogP contribution >= 0.6 is 18.8 Å². The molecule has 0 fully saturated rings. The lowest BCUT2D eigenvalue weighted by Crippen LogP contribution is -2.44. The average Bonchev–Trinajstić information content (AvgIpc) is 3.39. The Bertz CT molecular complexity index is 1090. The first-order chi connectivity index (χ1) is 16.2. The SMILES string of the molecule is CCOC(=O)[C@H](C)NP(=O)(N[C@@H](C)C(=O)OCC)c1ccc(-c2nc(N)sc2C(=O)C(C)(C)C)o1. The molecule has 0 radical (unpaired) electrons. The zero-order valence-corrected chi connectivity index (χ0v) is 22.7. The number of Topliss-reactive ketones (excluding diaryl/α,β-unsaturated/α-hetero) is 1. The molecule has 0 aliphatic carbocycles. The van der Waals surface area contributed by atoms with Crippen LogP contribution in [-0.4, -0.2) is 48.0 Å². The molecule has 4 N–H and O–H groups in total. The van der Waals surface area contributed by atoms with Crippen molar-refractivity contribution in [2.45, 2.75) is 60.5 Å². The molecule has 0 saturated heterocycles. The molecule has 35 heavy (non-hydrogen) atoms. The number of ketones is 1. The van der Waals surface area contributed by atoms with E-state index in [9.17, 15) is 18.9 Å². The third-order valence-electron chi connectivity index (χ3n) is 4.70. The van der Waals surface area contributed by atoms with Crippen molar-refractivity contribution < 1.29 is 32.8 Å². The van der Waals surface area contributed by atoms with Crippen molar-refractivity contribution in [3.05, 3.63) is 17.0 Å². The van der Waals surface area contributed by atoms with Crippen molar-refractivity contribution in [1.82, 2.24) is 15.2 Å². The number of carbonyl (C=O) groups is 3. The van der Waals surface area contributed by atoms with E-state index in [0.717, 1.165) is 11.3 Å². The molecular weight excluding hydrogens is 495 g/mol. The summed E-state index contributed by atoms with van der Waals surface area (Å²) in [5, 5.41) is 5.60. The molecule has 0 bridgehead atoms. The van der Waals surface area contributed by atoms with Gasteiger partial charge in [-0.05, 0) is 39.8 Å². The van der Waals surface area contributed by atoms with Crippen LogP contribution in [0.25, 0.3) is 11.5 Å². The van der Waals surface area contributed by atoms with Crippen molar-refractivity contribution >= 4 is 47.1 Å². The monoisotopic (exact) mass is 528 g/mol. The molecule has 0 aliphatic rings. The van der Waals surface area contributed by atoms with E-state index in [4.69, 9.17) is 19.6 Å². The first kappa shape index (κ1) is 28.7. The minimum Gasteiger partial charge on any atom is -0.465 e. The molecule has 0 spiro atoms. The minimum absolute atomic E-state index is 0.0828. The quantitative estimate of drug-likeness (QED) is 0.223.